The van der Waals surface area contributed by atoms with Crippen LogP contribution in [0, 0.1) is 6.92 Å². The first-order valence-corrected chi connectivity index (χ1v) is 12.9. The van der Waals surface area contributed by atoms with Crippen molar-refractivity contribution in [2.45, 2.75) is 26.6 Å². The lowest BCUT2D eigenvalue weighted by molar-refractivity contribution is -0.137. The van der Waals surface area contributed by atoms with E-state index in [1.54, 1.807) is 26.1 Å². The molecule has 0 radical (unpaired) electrons. The van der Waals surface area contributed by atoms with Gasteiger partial charge in [0.25, 0.3) is 0 Å². The van der Waals surface area contributed by atoms with Crippen LogP contribution in [0.5, 0.6) is 0 Å². The quantitative estimate of drug-likeness (QED) is 0.309. The third-order valence-corrected chi connectivity index (χ3v) is 6.62. The number of hydrogen-bond donors (Lipinski definition) is 0. The van der Waals surface area contributed by atoms with Crippen LogP contribution >= 0.6 is 0 Å². The maximum atomic E-state index is 13.1. The summed E-state index contributed by atoms with van der Waals surface area (Å²) in [6.07, 6.45) is -2.78. The van der Waals surface area contributed by atoms with Gasteiger partial charge in [-0.15, -0.1) is 5.10 Å². The van der Waals surface area contributed by atoms with E-state index < -0.39 is 17.7 Å². The third-order valence-electron chi connectivity index (χ3n) is 6.62. The number of carbonyl (C=O) groups is 1. The van der Waals surface area contributed by atoms with Gasteiger partial charge in [0.15, 0.2) is 0 Å². The average Bonchev–Trinajstić information content (AvgIpc) is 3.42. The number of benzene rings is 2. The van der Waals surface area contributed by atoms with Gasteiger partial charge in [0.05, 0.1) is 41.1 Å². The highest BCUT2D eigenvalue weighted by Gasteiger charge is 2.31. The molecule has 0 aliphatic carbocycles. The van der Waals surface area contributed by atoms with Crippen molar-refractivity contribution in [3.63, 3.8) is 0 Å². The molecule has 3 heterocycles. The number of anilines is 1. The molecular weight excluding hydrogens is 523 g/mol. The number of aryl methyl sites for hydroxylation is 1. The van der Waals surface area contributed by atoms with E-state index in [2.05, 4.69) is 25.1 Å². The van der Waals surface area contributed by atoms with Gasteiger partial charge < -0.3 is 9.64 Å². The molecule has 5 rings (SSSR count). The summed E-state index contributed by atoms with van der Waals surface area (Å²) in [5.41, 5.74) is 2.47. The average molecular weight is 552 g/mol. The molecule has 208 valence electrons. The molecule has 40 heavy (non-hydrogen) atoms. The highest BCUT2D eigenvalue weighted by atomic mass is 19.4. The van der Waals surface area contributed by atoms with Crippen molar-refractivity contribution in [3.05, 3.63) is 83.3 Å². The predicted octanol–water partition coefficient (Wildman–Crippen LogP) is 4.55. The number of hydrogen-bond acceptors (Lipinski definition) is 8. The van der Waals surface area contributed by atoms with Crippen LogP contribution in [0.15, 0.2) is 60.8 Å². The fourth-order valence-corrected chi connectivity index (χ4v) is 4.61. The zero-order chi connectivity index (χ0) is 28.3. The van der Waals surface area contributed by atoms with Crippen LogP contribution in [0.25, 0.3) is 16.9 Å². The molecule has 1 aliphatic rings. The van der Waals surface area contributed by atoms with Crippen LogP contribution in [0.4, 0.5) is 19.1 Å². The first-order chi connectivity index (χ1) is 19.2. The molecule has 2 aromatic heterocycles. The number of alkyl halides is 3. The number of rotatable bonds is 7. The maximum Gasteiger partial charge on any atom is 0.416 e. The normalized spacial score (nSPS) is 14.4. The molecule has 0 spiro atoms. The number of piperazine rings is 1. The minimum absolute atomic E-state index is 0.254. The summed E-state index contributed by atoms with van der Waals surface area (Å²) in [5.74, 6) is 0.0907. The minimum atomic E-state index is -4.43. The second-order valence-corrected chi connectivity index (χ2v) is 9.38. The molecule has 0 atom stereocenters. The topological polar surface area (TPSA) is 89.3 Å². The number of aromatic nitrogens is 5. The molecule has 0 N–H and O–H groups in total. The Morgan fingerprint density at radius 3 is 2.45 bits per heavy atom. The molecule has 2 aromatic carbocycles. The molecule has 0 bridgehead atoms. The summed E-state index contributed by atoms with van der Waals surface area (Å²) in [6.45, 7) is 6.98. The Hall–Kier alpha value is -4.32. The van der Waals surface area contributed by atoms with Crippen molar-refractivity contribution < 1.29 is 22.7 Å². The fourth-order valence-electron chi connectivity index (χ4n) is 4.61. The Balaban J connectivity index is 1.28. The van der Waals surface area contributed by atoms with Gasteiger partial charge in [-0.25, -0.2) is 19.4 Å². The number of carbonyl (C=O) groups excluding carboxylic acids is 1. The van der Waals surface area contributed by atoms with E-state index >= 15 is 0 Å². The SMILES string of the molecule is CCOC(=O)c1c(C)nc(N2CCN(Cc3cn(-c4cccc(C(F)(F)F)c4)nn3)CC2)nc1-c1ccccc1. The summed E-state index contributed by atoms with van der Waals surface area (Å²) >= 11 is 0. The van der Waals surface area contributed by atoms with Crippen LogP contribution < -0.4 is 4.90 Å². The lowest BCUT2D eigenvalue weighted by atomic mass is 10.0. The maximum absolute atomic E-state index is 13.1. The van der Waals surface area contributed by atoms with Gasteiger partial charge in [-0.2, -0.15) is 13.2 Å². The van der Waals surface area contributed by atoms with Crippen LogP contribution in [-0.4, -0.2) is 68.6 Å². The van der Waals surface area contributed by atoms with E-state index in [0.29, 0.717) is 67.0 Å². The van der Waals surface area contributed by atoms with Gasteiger partial charge in [0.2, 0.25) is 5.95 Å². The van der Waals surface area contributed by atoms with Crippen LogP contribution in [0.3, 0.4) is 0 Å². The Morgan fingerprint density at radius 1 is 1.00 bits per heavy atom. The molecule has 0 saturated carbocycles. The summed E-state index contributed by atoms with van der Waals surface area (Å²) in [7, 11) is 0. The molecular formula is C28H28F3N7O2. The molecule has 4 aromatic rings. The number of halogens is 3. The van der Waals surface area contributed by atoms with Gasteiger partial charge in [-0.1, -0.05) is 41.6 Å². The van der Waals surface area contributed by atoms with Crippen LogP contribution in [-0.2, 0) is 17.5 Å². The van der Waals surface area contributed by atoms with E-state index in [1.165, 1.54) is 10.7 Å². The summed E-state index contributed by atoms with van der Waals surface area (Å²) in [5, 5.41) is 8.19. The lowest BCUT2D eigenvalue weighted by Crippen LogP contribution is -2.46. The zero-order valence-electron chi connectivity index (χ0n) is 22.1. The van der Waals surface area contributed by atoms with Crippen molar-refractivity contribution in [1.82, 2.24) is 29.9 Å². The second kappa shape index (κ2) is 11.4. The van der Waals surface area contributed by atoms with Crippen molar-refractivity contribution >= 4 is 11.9 Å². The van der Waals surface area contributed by atoms with Crippen LogP contribution in [0.2, 0.25) is 0 Å². The van der Waals surface area contributed by atoms with E-state index in [-0.39, 0.29) is 6.61 Å². The fraction of sp³-hybridized carbons (Fsp3) is 0.321. The van der Waals surface area contributed by atoms with Gasteiger partial charge in [-0.3, -0.25) is 4.90 Å². The van der Waals surface area contributed by atoms with Gasteiger partial charge in [0.1, 0.15) is 5.56 Å². The Bertz CT molecular complexity index is 1480. The highest BCUT2D eigenvalue weighted by molar-refractivity contribution is 5.97. The largest absolute Gasteiger partial charge is 0.462 e. The highest BCUT2D eigenvalue weighted by Crippen LogP contribution is 2.30. The van der Waals surface area contributed by atoms with Gasteiger partial charge >= 0.3 is 12.1 Å². The smallest absolute Gasteiger partial charge is 0.416 e. The summed E-state index contributed by atoms with van der Waals surface area (Å²) in [6, 6.07) is 14.5. The molecule has 1 fully saturated rings. The van der Waals surface area contributed by atoms with Crippen molar-refractivity contribution in [1.29, 1.82) is 0 Å². The Morgan fingerprint density at radius 2 is 1.75 bits per heavy atom. The van der Waals surface area contributed by atoms with Crippen molar-refractivity contribution in [2.75, 3.05) is 37.7 Å². The Labute approximate surface area is 229 Å². The number of ether oxygens (including phenoxy) is 1. The summed E-state index contributed by atoms with van der Waals surface area (Å²) in [4.78, 5) is 26.4. The van der Waals surface area contributed by atoms with Gasteiger partial charge in [0, 0.05) is 38.3 Å². The molecule has 0 unspecified atom stereocenters. The van der Waals surface area contributed by atoms with Crippen molar-refractivity contribution in [3.8, 4) is 16.9 Å². The van der Waals surface area contributed by atoms with E-state index in [0.717, 1.165) is 17.7 Å². The third kappa shape index (κ3) is 5.96. The lowest BCUT2D eigenvalue weighted by Gasteiger charge is -2.34. The standard InChI is InChI=1S/C28H28F3N7O2/c1-3-40-26(39)24-19(2)32-27(33-25(24)20-8-5-4-6-9-20)37-14-12-36(13-15-37)17-22-18-38(35-34-22)23-11-7-10-21(16-23)28(29,30)31/h4-11,16,18H,3,12-15,17H2,1-2H3. The molecule has 1 saturated heterocycles. The molecule has 0 amide bonds. The van der Waals surface area contributed by atoms with E-state index in [1.807, 2.05) is 30.3 Å². The second-order valence-electron chi connectivity index (χ2n) is 9.38. The van der Waals surface area contributed by atoms with Crippen LogP contribution in [0.1, 0.15) is 34.2 Å². The van der Waals surface area contributed by atoms with Gasteiger partial charge in [-0.05, 0) is 32.0 Å². The zero-order valence-corrected chi connectivity index (χ0v) is 22.1. The first kappa shape index (κ1) is 27.3. The molecule has 1 aliphatic heterocycles. The first-order valence-electron chi connectivity index (χ1n) is 12.9. The molecule has 12 heteroatoms. The monoisotopic (exact) mass is 551 g/mol. The predicted molar refractivity (Wildman–Crippen MR) is 142 cm³/mol. The summed E-state index contributed by atoms with van der Waals surface area (Å²) < 4.78 is 45.9. The minimum Gasteiger partial charge on any atom is -0.462 e. The van der Waals surface area contributed by atoms with E-state index in [4.69, 9.17) is 9.72 Å². The van der Waals surface area contributed by atoms with Crippen molar-refractivity contribution in [2.24, 2.45) is 0 Å². The number of nitrogens with zero attached hydrogens (tertiary/aromatic N) is 7. The van der Waals surface area contributed by atoms with E-state index in [9.17, 15) is 18.0 Å². The Kier molecular flexibility index (Phi) is 7.78. The number of esters is 1. The molecule has 9 nitrogen and oxygen atoms in total.